The molecule has 0 unspecified atom stereocenters. The number of nitrogens with zero attached hydrogens (tertiary/aromatic N) is 2. The van der Waals surface area contributed by atoms with Crippen molar-refractivity contribution < 1.29 is 4.74 Å². The van der Waals surface area contributed by atoms with E-state index in [2.05, 4.69) is 79.3 Å². The van der Waals surface area contributed by atoms with Crippen molar-refractivity contribution in [1.29, 1.82) is 0 Å². The van der Waals surface area contributed by atoms with E-state index in [1.165, 1.54) is 74.5 Å². The second-order valence-corrected chi connectivity index (χ2v) is 9.11. The second kappa shape index (κ2) is 13.8. The topological polar surface area (TPSA) is 35.0 Å². The van der Waals surface area contributed by atoms with Crippen LogP contribution in [0.4, 0.5) is 0 Å². The van der Waals surface area contributed by atoms with Crippen LogP contribution in [0.3, 0.4) is 0 Å². The van der Waals surface area contributed by atoms with E-state index in [0.29, 0.717) is 0 Å². The summed E-state index contributed by atoms with van der Waals surface area (Å²) in [7, 11) is 0. The standard InChI is InChI=1S/C30H40N2O/c1-4-6-8-10-12-24(3)33-29-22-31-30(32-23-29)28-20-18-27(19-21-28)26-16-14-25(15-17-26)13-11-9-7-5-2/h14-24H,4-13H2,1-3H3/t24-/m0/s1. The molecule has 0 spiro atoms. The van der Waals surface area contributed by atoms with Gasteiger partial charge in [-0.3, -0.25) is 0 Å². The van der Waals surface area contributed by atoms with Gasteiger partial charge in [-0.05, 0) is 49.3 Å². The molecule has 2 aromatic carbocycles. The minimum atomic E-state index is 0.193. The zero-order chi connectivity index (χ0) is 23.3. The summed E-state index contributed by atoms with van der Waals surface area (Å²) in [6, 6.07) is 17.5. The molecule has 0 amide bonds. The Kier molecular flexibility index (Phi) is 10.4. The molecule has 0 fully saturated rings. The summed E-state index contributed by atoms with van der Waals surface area (Å²) >= 11 is 0. The first kappa shape index (κ1) is 25.0. The first-order chi connectivity index (χ1) is 16.2. The van der Waals surface area contributed by atoms with Crippen molar-refractivity contribution in [2.24, 2.45) is 0 Å². The third kappa shape index (κ3) is 8.31. The minimum absolute atomic E-state index is 0.193. The van der Waals surface area contributed by atoms with Crippen LogP contribution in [0, 0.1) is 0 Å². The number of benzene rings is 2. The van der Waals surface area contributed by atoms with Gasteiger partial charge in [0.15, 0.2) is 11.6 Å². The fourth-order valence-electron chi connectivity index (χ4n) is 4.11. The largest absolute Gasteiger partial charge is 0.487 e. The summed E-state index contributed by atoms with van der Waals surface area (Å²) in [5.74, 6) is 1.47. The van der Waals surface area contributed by atoms with Gasteiger partial charge in [0.1, 0.15) is 0 Å². The zero-order valence-electron chi connectivity index (χ0n) is 20.7. The van der Waals surface area contributed by atoms with Crippen LogP contribution in [-0.4, -0.2) is 16.1 Å². The van der Waals surface area contributed by atoms with Crippen molar-refractivity contribution in [2.45, 2.75) is 91.1 Å². The van der Waals surface area contributed by atoms with E-state index in [1.54, 1.807) is 12.4 Å². The van der Waals surface area contributed by atoms with Gasteiger partial charge >= 0.3 is 0 Å². The number of hydrogen-bond acceptors (Lipinski definition) is 3. The number of hydrogen-bond donors (Lipinski definition) is 0. The Morgan fingerprint density at radius 2 is 1.21 bits per heavy atom. The molecule has 0 saturated heterocycles. The van der Waals surface area contributed by atoms with Gasteiger partial charge in [0.2, 0.25) is 0 Å². The molecule has 3 rings (SSSR count). The first-order valence-corrected chi connectivity index (χ1v) is 12.9. The average molecular weight is 445 g/mol. The van der Waals surface area contributed by atoms with E-state index in [4.69, 9.17) is 4.74 Å². The molecular weight excluding hydrogens is 404 g/mol. The number of rotatable bonds is 14. The summed E-state index contributed by atoms with van der Waals surface area (Å²) in [5, 5.41) is 0. The molecular formula is C30H40N2O. The van der Waals surface area contributed by atoms with Crippen LogP contribution in [0.2, 0.25) is 0 Å². The summed E-state index contributed by atoms with van der Waals surface area (Å²) < 4.78 is 5.98. The van der Waals surface area contributed by atoms with Gasteiger partial charge < -0.3 is 4.74 Å². The lowest BCUT2D eigenvalue weighted by molar-refractivity contribution is 0.205. The summed E-state index contributed by atoms with van der Waals surface area (Å²) in [6.07, 6.45) is 16.3. The third-order valence-corrected chi connectivity index (χ3v) is 6.18. The Morgan fingerprint density at radius 3 is 1.82 bits per heavy atom. The van der Waals surface area contributed by atoms with E-state index >= 15 is 0 Å². The van der Waals surface area contributed by atoms with Crippen molar-refractivity contribution in [2.75, 3.05) is 0 Å². The van der Waals surface area contributed by atoms with Gasteiger partial charge in [-0.2, -0.15) is 0 Å². The van der Waals surface area contributed by atoms with Crippen LogP contribution in [0.25, 0.3) is 22.5 Å². The Balaban J connectivity index is 1.53. The average Bonchev–Trinajstić information content (AvgIpc) is 2.86. The monoisotopic (exact) mass is 444 g/mol. The number of aryl methyl sites for hydroxylation is 1. The van der Waals surface area contributed by atoms with Crippen LogP contribution in [0.15, 0.2) is 60.9 Å². The maximum Gasteiger partial charge on any atom is 0.159 e. The SMILES string of the molecule is CCCCCCc1ccc(-c2ccc(-c3ncc(O[C@@H](C)CCCCCC)cn3)cc2)cc1. The zero-order valence-corrected chi connectivity index (χ0v) is 20.7. The minimum Gasteiger partial charge on any atom is -0.487 e. The molecule has 3 aromatic rings. The highest BCUT2D eigenvalue weighted by atomic mass is 16.5. The molecule has 0 aliphatic rings. The molecule has 0 N–H and O–H groups in total. The molecule has 0 radical (unpaired) electrons. The van der Waals surface area contributed by atoms with Crippen LogP contribution in [0.1, 0.15) is 84.1 Å². The number of ether oxygens (including phenoxy) is 1. The smallest absolute Gasteiger partial charge is 0.159 e. The number of unbranched alkanes of at least 4 members (excludes halogenated alkanes) is 6. The lowest BCUT2D eigenvalue weighted by Crippen LogP contribution is -2.12. The molecule has 1 aromatic heterocycles. The van der Waals surface area contributed by atoms with E-state index in [9.17, 15) is 0 Å². The highest BCUT2D eigenvalue weighted by Gasteiger charge is 2.07. The van der Waals surface area contributed by atoms with Gasteiger partial charge in [0, 0.05) is 5.56 Å². The summed E-state index contributed by atoms with van der Waals surface area (Å²) in [5.41, 5.74) is 4.91. The number of aromatic nitrogens is 2. The lowest BCUT2D eigenvalue weighted by atomic mass is 10.00. The van der Waals surface area contributed by atoms with Crippen LogP contribution < -0.4 is 4.74 Å². The highest BCUT2D eigenvalue weighted by molar-refractivity contribution is 5.67. The molecule has 1 atom stereocenters. The van der Waals surface area contributed by atoms with Gasteiger partial charge in [0.25, 0.3) is 0 Å². The summed E-state index contributed by atoms with van der Waals surface area (Å²) in [4.78, 5) is 9.06. The molecule has 3 nitrogen and oxygen atoms in total. The van der Waals surface area contributed by atoms with E-state index in [-0.39, 0.29) is 6.10 Å². The van der Waals surface area contributed by atoms with Crippen LogP contribution >= 0.6 is 0 Å². The Morgan fingerprint density at radius 1 is 0.667 bits per heavy atom. The van der Waals surface area contributed by atoms with Crippen molar-refractivity contribution >= 4 is 0 Å². The molecule has 0 bridgehead atoms. The van der Waals surface area contributed by atoms with Crippen LogP contribution in [-0.2, 0) is 6.42 Å². The van der Waals surface area contributed by atoms with E-state index < -0.39 is 0 Å². The van der Waals surface area contributed by atoms with Crippen LogP contribution in [0.5, 0.6) is 5.75 Å². The fourth-order valence-corrected chi connectivity index (χ4v) is 4.11. The molecule has 1 heterocycles. The van der Waals surface area contributed by atoms with Gasteiger partial charge in [-0.15, -0.1) is 0 Å². The van der Waals surface area contributed by atoms with Gasteiger partial charge in [0.05, 0.1) is 18.5 Å². The van der Waals surface area contributed by atoms with Crippen molar-refractivity contribution in [3.05, 3.63) is 66.5 Å². The molecule has 0 aliphatic carbocycles. The predicted molar refractivity (Wildman–Crippen MR) is 140 cm³/mol. The van der Waals surface area contributed by atoms with E-state index in [1.807, 2.05) is 0 Å². The maximum absolute atomic E-state index is 5.98. The quantitative estimate of drug-likeness (QED) is 0.233. The Labute approximate surface area is 200 Å². The summed E-state index contributed by atoms with van der Waals surface area (Å²) in [6.45, 7) is 6.62. The van der Waals surface area contributed by atoms with Crippen molar-refractivity contribution in [3.63, 3.8) is 0 Å². The van der Waals surface area contributed by atoms with Crippen molar-refractivity contribution in [1.82, 2.24) is 9.97 Å². The Hall–Kier alpha value is -2.68. The molecule has 176 valence electrons. The molecule has 3 heteroatoms. The maximum atomic E-state index is 5.98. The highest BCUT2D eigenvalue weighted by Crippen LogP contribution is 2.24. The molecule has 33 heavy (non-hydrogen) atoms. The molecule has 0 aliphatic heterocycles. The fraction of sp³-hybridized carbons (Fsp3) is 0.467. The van der Waals surface area contributed by atoms with Gasteiger partial charge in [-0.1, -0.05) is 101 Å². The second-order valence-electron chi connectivity index (χ2n) is 9.11. The lowest BCUT2D eigenvalue weighted by Gasteiger charge is -2.14. The Bertz CT molecular complexity index is 917. The molecule has 0 saturated carbocycles. The van der Waals surface area contributed by atoms with Gasteiger partial charge in [-0.25, -0.2) is 9.97 Å². The van der Waals surface area contributed by atoms with Crippen molar-refractivity contribution in [3.8, 4) is 28.3 Å². The van der Waals surface area contributed by atoms with E-state index in [0.717, 1.165) is 23.6 Å². The third-order valence-electron chi connectivity index (χ3n) is 6.18. The first-order valence-electron chi connectivity index (χ1n) is 12.9. The normalized spacial score (nSPS) is 12.0. The predicted octanol–water partition coefficient (Wildman–Crippen LogP) is 8.67.